The van der Waals surface area contributed by atoms with Crippen LogP contribution in [0.15, 0.2) is 24.3 Å². The van der Waals surface area contributed by atoms with Gasteiger partial charge in [0.1, 0.15) is 11.5 Å². The molecule has 98 valence electrons. The molecule has 0 N–H and O–H groups in total. The number of benzene rings is 1. The molecular weight excluding hydrogens is 294 g/mol. The number of rotatable bonds is 2. The Morgan fingerprint density at radius 1 is 1.21 bits per heavy atom. The van der Waals surface area contributed by atoms with E-state index in [4.69, 9.17) is 23.2 Å². The van der Waals surface area contributed by atoms with Gasteiger partial charge in [-0.3, -0.25) is 0 Å². The van der Waals surface area contributed by atoms with Crippen molar-refractivity contribution < 1.29 is 13.9 Å². The fourth-order valence-corrected chi connectivity index (χ4v) is 1.88. The number of methoxy groups -OCH3 is 1. The van der Waals surface area contributed by atoms with Crippen LogP contribution in [0.2, 0.25) is 10.3 Å². The molecule has 1 aromatic carbocycles. The molecule has 0 unspecified atom stereocenters. The van der Waals surface area contributed by atoms with E-state index in [1.165, 1.54) is 25.3 Å². The van der Waals surface area contributed by atoms with E-state index < -0.39 is 11.8 Å². The summed E-state index contributed by atoms with van der Waals surface area (Å²) in [5.41, 5.74) is 0.00462. The molecule has 0 spiro atoms. The number of halogens is 3. The van der Waals surface area contributed by atoms with Gasteiger partial charge < -0.3 is 4.74 Å². The lowest BCUT2D eigenvalue weighted by Crippen LogP contribution is -2.08. The minimum absolute atomic E-state index is 0.0671. The fourth-order valence-electron chi connectivity index (χ4n) is 1.45. The zero-order chi connectivity index (χ0) is 14.0. The second-order valence-electron chi connectivity index (χ2n) is 3.47. The van der Waals surface area contributed by atoms with Crippen molar-refractivity contribution in [2.75, 3.05) is 7.11 Å². The third kappa shape index (κ3) is 2.67. The highest BCUT2D eigenvalue weighted by atomic mass is 35.5. The van der Waals surface area contributed by atoms with Crippen molar-refractivity contribution in [1.29, 1.82) is 0 Å². The molecule has 0 aliphatic heterocycles. The zero-order valence-electron chi connectivity index (χ0n) is 9.65. The molecule has 0 saturated heterocycles. The molecule has 0 aliphatic carbocycles. The van der Waals surface area contributed by atoms with Crippen LogP contribution in [0, 0.1) is 5.82 Å². The lowest BCUT2D eigenvalue weighted by Gasteiger charge is -2.07. The van der Waals surface area contributed by atoms with Gasteiger partial charge in [-0.05, 0) is 12.1 Å². The van der Waals surface area contributed by atoms with Crippen LogP contribution in [0.1, 0.15) is 10.5 Å². The second kappa shape index (κ2) is 5.50. The third-order valence-corrected chi connectivity index (χ3v) is 2.85. The van der Waals surface area contributed by atoms with Crippen molar-refractivity contribution >= 4 is 29.2 Å². The number of esters is 1. The monoisotopic (exact) mass is 300 g/mol. The van der Waals surface area contributed by atoms with Gasteiger partial charge in [-0.2, -0.15) is 0 Å². The summed E-state index contributed by atoms with van der Waals surface area (Å²) in [6.45, 7) is 0. The highest BCUT2D eigenvalue weighted by Gasteiger charge is 2.20. The summed E-state index contributed by atoms with van der Waals surface area (Å²) < 4.78 is 18.1. The topological polar surface area (TPSA) is 52.1 Å². The Morgan fingerprint density at radius 3 is 2.53 bits per heavy atom. The van der Waals surface area contributed by atoms with E-state index >= 15 is 0 Å². The van der Waals surface area contributed by atoms with Crippen LogP contribution in [-0.4, -0.2) is 23.0 Å². The number of aromatic nitrogens is 2. The first-order valence-corrected chi connectivity index (χ1v) is 5.86. The molecule has 1 aromatic heterocycles. The molecular formula is C12H7Cl2FN2O2. The number of ether oxygens (including phenoxy) is 1. The van der Waals surface area contributed by atoms with Crippen molar-refractivity contribution in [3.8, 4) is 11.3 Å². The van der Waals surface area contributed by atoms with Gasteiger partial charge in [-0.1, -0.05) is 35.3 Å². The van der Waals surface area contributed by atoms with Crippen LogP contribution in [0.25, 0.3) is 11.3 Å². The van der Waals surface area contributed by atoms with Crippen LogP contribution in [0.3, 0.4) is 0 Å². The van der Waals surface area contributed by atoms with Crippen molar-refractivity contribution in [1.82, 2.24) is 9.97 Å². The van der Waals surface area contributed by atoms with E-state index in [9.17, 15) is 9.18 Å². The molecule has 0 aliphatic rings. The van der Waals surface area contributed by atoms with Crippen molar-refractivity contribution in [2.24, 2.45) is 0 Å². The van der Waals surface area contributed by atoms with Gasteiger partial charge in [0.2, 0.25) is 0 Å². The van der Waals surface area contributed by atoms with Gasteiger partial charge in [-0.15, -0.1) is 0 Å². The van der Waals surface area contributed by atoms with Gasteiger partial charge in [0.25, 0.3) is 0 Å². The van der Waals surface area contributed by atoms with Crippen molar-refractivity contribution in [2.45, 2.75) is 0 Å². The summed E-state index contributed by atoms with van der Waals surface area (Å²) in [5, 5.41) is -0.329. The molecule has 0 radical (unpaired) electrons. The molecule has 19 heavy (non-hydrogen) atoms. The second-order valence-corrected chi connectivity index (χ2v) is 4.19. The van der Waals surface area contributed by atoms with Crippen LogP contribution in [0.4, 0.5) is 4.39 Å². The number of nitrogens with zero attached hydrogens (tertiary/aromatic N) is 2. The Hall–Kier alpha value is -1.72. The standard InChI is InChI=1S/C12H7Cl2FN2O2/c1-19-12(18)9-11(14)16-8(10(13)17-9)6-4-2-3-5-7(6)15/h2-5H,1H3. The van der Waals surface area contributed by atoms with Gasteiger partial charge in [0.05, 0.1) is 7.11 Å². The molecule has 0 atom stereocenters. The Labute approximate surface area is 118 Å². The first-order chi connectivity index (χ1) is 9.04. The normalized spacial score (nSPS) is 10.3. The lowest BCUT2D eigenvalue weighted by molar-refractivity contribution is 0.0594. The minimum atomic E-state index is -0.764. The summed E-state index contributed by atoms with van der Waals surface area (Å²) in [4.78, 5) is 19.1. The highest BCUT2D eigenvalue weighted by Crippen LogP contribution is 2.29. The van der Waals surface area contributed by atoms with Crippen LogP contribution < -0.4 is 0 Å². The van der Waals surface area contributed by atoms with E-state index in [0.717, 1.165) is 0 Å². The van der Waals surface area contributed by atoms with Crippen molar-refractivity contribution in [3.63, 3.8) is 0 Å². The molecule has 1 heterocycles. The molecule has 2 aromatic rings. The lowest BCUT2D eigenvalue weighted by atomic mass is 10.1. The maximum Gasteiger partial charge on any atom is 0.359 e. The Balaban J connectivity index is 2.59. The van der Waals surface area contributed by atoms with E-state index in [2.05, 4.69) is 14.7 Å². The van der Waals surface area contributed by atoms with Gasteiger partial charge in [0, 0.05) is 5.56 Å². The summed E-state index contributed by atoms with van der Waals surface area (Å²) in [5.74, 6) is -1.28. The van der Waals surface area contributed by atoms with Gasteiger partial charge in [0.15, 0.2) is 16.0 Å². The van der Waals surface area contributed by atoms with E-state index in [0.29, 0.717) is 0 Å². The Bertz CT molecular complexity index is 650. The van der Waals surface area contributed by atoms with E-state index in [1.54, 1.807) is 6.07 Å². The number of hydrogen-bond acceptors (Lipinski definition) is 4. The quantitative estimate of drug-likeness (QED) is 0.798. The maximum atomic E-state index is 13.7. The smallest absolute Gasteiger partial charge is 0.359 e. The first-order valence-electron chi connectivity index (χ1n) is 5.11. The summed E-state index contributed by atoms with van der Waals surface area (Å²) in [6.07, 6.45) is 0. The predicted octanol–water partition coefficient (Wildman–Crippen LogP) is 3.38. The van der Waals surface area contributed by atoms with E-state index in [-0.39, 0.29) is 27.3 Å². The van der Waals surface area contributed by atoms with Gasteiger partial charge in [-0.25, -0.2) is 19.2 Å². The van der Waals surface area contributed by atoms with Crippen molar-refractivity contribution in [3.05, 3.63) is 46.1 Å². The summed E-state index contributed by atoms with van der Waals surface area (Å²) >= 11 is 11.7. The largest absolute Gasteiger partial charge is 0.464 e. The molecule has 0 amide bonds. The molecule has 4 nitrogen and oxygen atoms in total. The van der Waals surface area contributed by atoms with Crippen LogP contribution in [-0.2, 0) is 4.74 Å². The van der Waals surface area contributed by atoms with Gasteiger partial charge >= 0.3 is 5.97 Å². The van der Waals surface area contributed by atoms with Crippen LogP contribution in [0.5, 0.6) is 0 Å². The van der Waals surface area contributed by atoms with Crippen LogP contribution >= 0.6 is 23.2 Å². The molecule has 0 bridgehead atoms. The first kappa shape index (κ1) is 13.7. The SMILES string of the molecule is COC(=O)c1nc(Cl)c(-c2ccccc2F)nc1Cl. The third-order valence-electron chi connectivity index (χ3n) is 2.32. The number of carbonyl (C=O) groups is 1. The van der Waals surface area contributed by atoms with E-state index in [1.807, 2.05) is 0 Å². The fraction of sp³-hybridized carbons (Fsp3) is 0.0833. The average molecular weight is 301 g/mol. The highest BCUT2D eigenvalue weighted by molar-refractivity contribution is 6.34. The average Bonchev–Trinajstić information content (AvgIpc) is 2.41. The summed E-state index contributed by atoms with van der Waals surface area (Å²) in [6, 6.07) is 5.90. The zero-order valence-corrected chi connectivity index (χ0v) is 11.2. The number of hydrogen-bond donors (Lipinski definition) is 0. The Kier molecular flexibility index (Phi) is 3.97. The molecule has 0 saturated carbocycles. The molecule has 7 heteroatoms. The maximum absolute atomic E-state index is 13.7. The summed E-state index contributed by atoms with van der Waals surface area (Å²) in [7, 11) is 1.18. The Morgan fingerprint density at radius 2 is 1.89 bits per heavy atom. The molecule has 0 fully saturated rings. The predicted molar refractivity (Wildman–Crippen MR) is 68.8 cm³/mol. The minimum Gasteiger partial charge on any atom is -0.464 e. The molecule has 2 rings (SSSR count). The number of carbonyl (C=O) groups excluding carboxylic acids is 1.